The Hall–Kier alpha value is -0.0600. The summed E-state index contributed by atoms with van der Waals surface area (Å²) in [4.78, 5) is 0. The van der Waals surface area contributed by atoms with Crippen LogP contribution in [0.4, 0.5) is 0 Å². The second kappa shape index (κ2) is 6.77. The molecular weight excluding hydrogens is 454 g/mol. The van der Waals surface area contributed by atoms with Crippen molar-refractivity contribution in [3.8, 4) is 5.75 Å². The van der Waals surface area contributed by atoms with Gasteiger partial charge in [0, 0.05) is 22.1 Å². The summed E-state index contributed by atoms with van der Waals surface area (Å²) in [7, 11) is 0. The van der Waals surface area contributed by atoms with Gasteiger partial charge in [-0.1, -0.05) is 36.7 Å². The average Bonchev–Trinajstić information content (AvgIpc) is 2.48. The Labute approximate surface area is 175 Å². The fourth-order valence-electron chi connectivity index (χ4n) is 7.04. The summed E-state index contributed by atoms with van der Waals surface area (Å²) < 4.78 is 8.22. The first-order valence-electron chi connectivity index (χ1n) is 10.1. The summed E-state index contributed by atoms with van der Waals surface area (Å²) in [5.74, 6) is 1.92. The molecule has 0 spiro atoms. The number of benzene rings is 1. The van der Waals surface area contributed by atoms with Crippen molar-refractivity contribution in [2.24, 2.45) is 16.7 Å². The zero-order valence-electron chi connectivity index (χ0n) is 16.3. The molecule has 1 aromatic carbocycles. The third-order valence-corrected chi connectivity index (χ3v) is 7.86. The molecule has 0 saturated heterocycles. The lowest BCUT2D eigenvalue weighted by Gasteiger charge is -2.65. The third-order valence-electron chi connectivity index (χ3n) is 6.82. The maximum absolute atomic E-state index is 6.08. The molecule has 0 aliphatic heterocycles. The highest BCUT2D eigenvalue weighted by Gasteiger charge is 2.59. The van der Waals surface area contributed by atoms with Crippen molar-refractivity contribution >= 4 is 31.9 Å². The number of rotatable bonds is 6. The Balaban J connectivity index is 1.56. The minimum Gasteiger partial charge on any atom is -0.492 e. The van der Waals surface area contributed by atoms with E-state index in [-0.39, 0.29) is 0 Å². The van der Waals surface area contributed by atoms with Crippen molar-refractivity contribution in [2.75, 3.05) is 6.61 Å². The SMILES string of the molecule is CCCOc1c(Br)cc(Br)cc1CNC12CC3C[C@@](C)(C1)C[C@](C)(C3)C2. The van der Waals surface area contributed by atoms with E-state index in [1.165, 1.54) is 44.1 Å². The summed E-state index contributed by atoms with van der Waals surface area (Å²) in [6.07, 6.45) is 9.38. The maximum atomic E-state index is 6.08. The number of nitrogens with one attached hydrogen (secondary N) is 1. The Kier molecular flexibility index (Phi) is 5.02. The van der Waals surface area contributed by atoms with E-state index < -0.39 is 0 Å². The summed E-state index contributed by atoms with van der Waals surface area (Å²) in [6, 6.07) is 4.30. The molecule has 4 fully saturated rings. The zero-order chi connectivity index (χ0) is 18.6. The fraction of sp³-hybridized carbons (Fsp3) is 0.727. The van der Waals surface area contributed by atoms with Gasteiger partial charge < -0.3 is 10.1 Å². The Morgan fingerprint density at radius 2 is 1.77 bits per heavy atom. The molecule has 0 aromatic heterocycles. The second-order valence-electron chi connectivity index (χ2n) is 9.99. The Morgan fingerprint density at radius 1 is 1.08 bits per heavy atom. The van der Waals surface area contributed by atoms with Gasteiger partial charge in [0.05, 0.1) is 11.1 Å². The largest absolute Gasteiger partial charge is 0.492 e. The molecular formula is C22H31Br2NO. The van der Waals surface area contributed by atoms with Crippen molar-refractivity contribution < 1.29 is 4.74 Å². The van der Waals surface area contributed by atoms with Crippen LogP contribution in [0.2, 0.25) is 0 Å². The zero-order valence-corrected chi connectivity index (χ0v) is 19.4. The molecule has 5 rings (SSSR count). The van der Waals surface area contributed by atoms with Crippen LogP contribution in [0.15, 0.2) is 21.1 Å². The van der Waals surface area contributed by atoms with Gasteiger partial charge in [0.1, 0.15) is 5.75 Å². The van der Waals surface area contributed by atoms with Gasteiger partial charge in [0.2, 0.25) is 0 Å². The molecule has 4 aliphatic carbocycles. The molecule has 4 atom stereocenters. The van der Waals surface area contributed by atoms with Gasteiger partial charge in [-0.3, -0.25) is 0 Å². The topological polar surface area (TPSA) is 21.3 Å². The van der Waals surface area contributed by atoms with Gasteiger partial charge in [-0.2, -0.15) is 0 Å². The van der Waals surface area contributed by atoms with Gasteiger partial charge in [-0.25, -0.2) is 0 Å². The van der Waals surface area contributed by atoms with E-state index in [1.54, 1.807) is 0 Å². The van der Waals surface area contributed by atoms with Crippen molar-refractivity contribution in [2.45, 2.75) is 77.8 Å². The van der Waals surface area contributed by atoms with Crippen molar-refractivity contribution in [1.82, 2.24) is 5.32 Å². The minimum atomic E-state index is 0.319. The third kappa shape index (κ3) is 3.63. The van der Waals surface area contributed by atoms with Crippen LogP contribution in [0.1, 0.15) is 71.3 Å². The van der Waals surface area contributed by atoms with Crippen LogP contribution in [0.25, 0.3) is 0 Å². The molecule has 144 valence electrons. The van der Waals surface area contributed by atoms with Crippen molar-refractivity contribution in [3.05, 3.63) is 26.6 Å². The summed E-state index contributed by atoms with van der Waals surface area (Å²) in [6.45, 7) is 8.88. The van der Waals surface area contributed by atoms with Gasteiger partial charge in [-0.05, 0) is 89.8 Å². The van der Waals surface area contributed by atoms with Gasteiger partial charge >= 0.3 is 0 Å². The van der Waals surface area contributed by atoms with E-state index in [0.717, 1.165) is 40.2 Å². The molecule has 1 aromatic rings. The number of halogens is 2. The molecule has 4 aliphatic rings. The van der Waals surface area contributed by atoms with Crippen molar-refractivity contribution in [3.63, 3.8) is 0 Å². The molecule has 4 saturated carbocycles. The lowest BCUT2D eigenvalue weighted by molar-refractivity contribution is -0.118. The lowest BCUT2D eigenvalue weighted by Crippen LogP contribution is -2.63. The van der Waals surface area contributed by atoms with Crippen LogP contribution < -0.4 is 10.1 Å². The summed E-state index contributed by atoms with van der Waals surface area (Å²) in [5.41, 5.74) is 2.66. The molecule has 0 radical (unpaired) electrons. The van der Waals surface area contributed by atoms with Crippen LogP contribution in [0, 0.1) is 16.7 Å². The fourth-order valence-corrected chi connectivity index (χ4v) is 8.47. The number of hydrogen-bond acceptors (Lipinski definition) is 2. The lowest BCUT2D eigenvalue weighted by atomic mass is 9.43. The van der Waals surface area contributed by atoms with E-state index in [4.69, 9.17) is 4.74 Å². The highest BCUT2D eigenvalue weighted by molar-refractivity contribution is 9.11. The molecule has 26 heavy (non-hydrogen) atoms. The molecule has 1 N–H and O–H groups in total. The number of ether oxygens (including phenoxy) is 1. The van der Waals surface area contributed by atoms with E-state index in [1.807, 2.05) is 0 Å². The molecule has 2 nitrogen and oxygen atoms in total. The second-order valence-corrected chi connectivity index (χ2v) is 11.8. The first kappa shape index (κ1) is 19.3. The molecule has 4 bridgehead atoms. The summed E-state index contributed by atoms with van der Waals surface area (Å²) >= 11 is 7.35. The van der Waals surface area contributed by atoms with E-state index in [0.29, 0.717) is 16.4 Å². The normalized spacial score (nSPS) is 38.0. The van der Waals surface area contributed by atoms with Gasteiger partial charge in [0.25, 0.3) is 0 Å². The minimum absolute atomic E-state index is 0.319. The highest BCUT2D eigenvalue weighted by atomic mass is 79.9. The van der Waals surface area contributed by atoms with Gasteiger partial charge in [-0.15, -0.1) is 0 Å². The Bertz CT molecular complexity index is 686. The van der Waals surface area contributed by atoms with Crippen molar-refractivity contribution in [1.29, 1.82) is 0 Å². The standard InChI is InChI=1S/C22H31Br2NO/c1-4-5-26-19-16(6-17(23)7-18(19)24)11-25-22-10-15-8-20(2,13-22)12-21(3,9-15)14-22/h6-7,15,25H,4-5,8-14H2,1-3H3/t15?,20-,21+,22?. The predicted molar refractivity (Wildman–Crippen MR) is 115 cm³/mol. The highest BCUT2D eigenvalue weighted by Crippen LogP contribution is 2.66. The predicted octanol–water partition coefficient (Wildman–Crippen LogP) is 6.84. The van der Waals surface area contributed by atoms with Crippen LogP contribution in [0.3, 0.4) is 0 Å². The molecule has 0 heterocycles. The molecule has 2 unspecified atom stereocenters. The number of hydrogen-bond donors (Lipinski definition) is 1. The van der Waals surface area contributed by atoms with Crippen LogP contribution in [0.5, 0.6) is 5.75 Å². The maximum Gasteiger partial charge on any atom is 0.138 e. The molecule has 0 amide bonds. The molecule has 4 heteroatoms. The van der Waals surface area contributed by atoms with Crippen LogP contribution in [-0.4, -0.2) is 12.1 Å². The van der Waals surface area contributed by atoms with Gasteiger partial charge in [0.15, 0.2) is 0 Å². The Morgan fingerprint density at radius 3 is 2.38 bits per heavy atom. The van der Waals surface area contributed by atoms with Crippen LogP contribution >= 0.6 is 31.9 Å². The average molecular weight is 485 g/mol. The summed E-state index contributed by atoms with van der Waals surface area (Å²) in [5, 5.41) is 4.04. The quantitative estimate of drug-likeness (QED) is 0.477. The van der Waals surface area contributed by atoms with E-state index in [9.17, 15) is 0 Å². The van der Waals surface area contributed by atoms with Crippen LogP contribution in [-0.2, 0) is 6.54 Å². The van der Waals surface area contributed by atoms with E-state index in [2.05, 4.69) is 70.1 Å². The smallest absolute Gasteiger partial charge is 0.138 e. The first-order valence-corrected chi connectivity index (χ1v) is 11.7. The monoisotopic (exact) mass is 483 g/mol. The van der Waals surface area contributed by atoms with E-state index >= 15 is 0 Å². The first-order chi connectivity index (χ1) is 12.2.